The van der Waals surface area contributed by atoms with Crippen LogP contribution in [-0.2, 0) is 9.53 Å². The normalized spacial score (nSPS) is 9.80. The molecule has 0 fully saturated rings. The Morgan fingerprint density at radius 3 is 2.87 bits per heavy atom. The highest BCUT2D eigenvalue weighted by Gasteiger charge is 2.12. The molecule has 1 aromatic rings. The Labute approximate surface area is 96.1 Å². The van der Waals surface area contributed by atoms with E-state index in [1.165, 1.54) is 32.3 Å². The van der Waals surface area contributed by atoms with E-state index in [1.54, 1.807) is 0 Å². The number of methoxy groups -OCH3 is 2. The third-order valence-electron chi connectivity index (χ3n) is 1.49. The summed E-state index contributed by atoms with van der Waals surface area (Å²) in [4.78, 5) is 18.6. The summed E-state index contributed by atoms with van der Waals surface area (Å²) < 4.78 is 9.51. The van der Waals surface area contributed by atoms with Crippen LogP contribution in [0.2, 0.25) is 5.15 Å². The third kappa shape index (κ3) is 3.24. The van der Waals surface area contributed by atoms with Crippen molar-refractivity contribution in [3.63, 3.8) is 0 Å². The number of esters is 1. The molecule has 0 saturated carbocycles. The maximum atomic E-state index is 10.9. The minimum Gasteiger partial charge on any atom is -0.491 e. The molecule has 0 N–H and O–H groups in total. The van der Waals surface area contributed by atoms with Crippen molar-refractivity contribution in [3.8, 4) is 5.75 Å². The second-order valence-corrected chi connectivity index (χ2v) is 3.69. The molecule has 0 aliphatic heterocycles. The first-order chi connectivity index (χ1) is 7.19. The quantitative estimate of drug-likeness (QED) is 0.456. The number of ether oxygens (including phenoxy) is 2. The van der Waals surface area contributed by atoms with Gasteiger partial charge in [-0.3, -0.25) is 4.79 Å². The van der Waals surface area contributed by atoms with E-state index in [0.29, 0.717) is 10.8 Å². The molecule has 1 aromatic heterocycles. The fraction of sp³-hybridized carbons (Fsp3) is 0.375. The maximum Gasteiger partial charge on any atom is 0.316 e. The molecule has 1 rings (SSSR count). The molecule has 0 radical (unpaired) electrons. The van der Waals surface area contributed by atoms with Gasteiger partial charge in [-0.25, -0.2) is 9.97 Å². The van der Waals surface area contributed by atoms with Crippen molar-refractivity contribution in [2.24, 2.45) is 0 Å². The number of carbonyl (C=O) groups excluding carboxylic acids is 1. The zero-order chi connectivity index (χ0) is 11.3. The molecule has 0 aliphatic rings. The van der Waals surface area contributed by atoms with Gasteiger partial charge in [0.15, 0.2) is 10.9 Å². The van der Waals surface area contributed by atoms with Crippen molar-refractivity contribution in [1.82, 2.24) is 9.97 Å². The topological polar surface area (TPSA) is 61.3 Å². The lowest BCUT2D eigenvalue weighted by atomic mass is 10.6. The van der Waals surface area contributed by atoms with Gasteiger partial charge in [0.1, 0.15) is 11.4 Å². The van der Waals surface area contributed by atoms with Gasteiger partial charge in [-0.15, -0.1) is 0 Å². The Bertz CT molecular complexity index is 362. The summed E-state index contributed by atoms with van der Waals surface area (Å²) in [5.74, 6) is 0.185. The van der Waals surface area contributed by atoms with Gasteiger partial charge in [-0.05, 0) is 0 Å². The summed E-state index contributed by atoms with van der Waals surface area (Å²) >= 11 is 6.96. The Hall–Kier alpha value is -1.01. The Morgan fingerprint density at radius 1 is 1.53 bits per heavy atom. The lowest BCUT2D eigenvalue weighted by Gasteiger charge is -2.06. The fourth-order valence-corrected chi connectivity index (χ4v) is 1.87. The van der Waals surface area contributed by atoms with Crippen LogP contribution in [0.5, 0.6) is 5.75 Å². The van der Waals surface area contributed by atoms with Crippen molar-refractivity contribution < 1.29 is 14.3 Å². The van der Waals surface area contributed by atoms with Crippen LogP contribution in [0.4, 0.5) is 0 Å². The molecule has 82 valence electrons. The molecule has 0 saturated heterocycles. The first kappa shape index (κ1) is 12.1. The molecule has 0 amide bonds. The van der Waals surface area contributed by atoms with E-state index in [9.17, 15) is 4.79 Å². The molecule has 0 spiro atoms. The van der Waals surface area contributed by atoms with Crippen LogP contribution in [0.15, 0.2) is 11.4 Å². The first-order valence-corrected chi connectivity index (χ1v) is 5.29. The molecule has 1 heterocycles. The monoisotopic (exact) mass is 248 g/mol. The van der Waals surface area contributed by atoms with Crippen LogP contribution in [0.3, 0.4) is 0 Å². The van der Waals surface area contributed by atoms with E-state index in [1.807, 2.05) is 0 Å². The fourth-order valence-electron chi connectivity index (χ4n) is 0.798. The highest BCUT2D eigenvalue weighted by Crippen LogP contribution is 2.31. The third-order valence-corrected chi connectivity index (χ3v) is 2.70. The predicted molar refractivity (Wildman–Crippen MR) is 56.3 cm³/mol. The average Bonchev–Trinajstić information content (AvgIpc) is 2.25. The van der Waals surface area contributed by atoms with Crippen LogP contribution in [-0.4, -0.2) is 35.9 Å². The number of hydrogen-bond donors (Lipinski definition) is 0. The lowest BCUT2D eigenvalue weighted by molar-refractivity contribution is -0.137. The Morgan fingerprint density at radius 2 is 2.27 bits per heavy atom. The predicted octanol–water partition coefficient (Wildman–Crippen LogP) is 1.40. The lowest BCUT2D eigenvalue weighted by Crippen LogP contribution is -2.04. The van der Waals surface area contributed by atoms with Crippen molar-refractivity contribution >= 4 is 29.3 Å². The van der Waals surface area contributed by atoms with Gasteiger partial charge in [-0.2, -0.15) is 0 Å². The van der Waals surface area contributed by atoms with Crippen molar-refractivity contribution in [2.45, 2.75) is 5.03 Å². The number of hydrogen-bond acceptors (Lipinski definition) is 6. The number of nitrogens with zero attached hydrogens (tertiary/aromatic N) is 2. The van der Waals surface area contributed by atoms with Gasteiger partial charge in [-0.1, -0.05) is 23.4 Å². The minimum absolute atomic E-state index is 0.153. The highest BCUT2D eigenvalue weighted by molar-refractivity contribution is 8.00. The number of thioether (sulfide) groups is 1. The maximum absolute atomic E-state index is 10.9. The first-order valence-electron chi connectivity index (χ1n) is 3.93. The molecule has 0 bridgehead atoms. The molecular weight excluding hydrogens is 240 g/mol. The number of halogens is 1. The molecule has 5 nitrogen and oxygen atoms in total. The van der Waals surface area contributed by atoms with Crippen molar-refractivity contribution in [1.29, 1.82) is 0 Å². The SMILES string of the molecule is COC(=O)CSc1ncnc(Cl)c1OC. The number of aromatic nitrogens is 2. The highest BCUT2D eigenvalue weighted by atomic mass is 35.5. The van der Waals surface area contributed by atoms with E-state index in [-0.39, 0.29) is 16.9 Å². The van der Waals surface area contributed by atoms with Crippen LogP contribution < -0.4 is 4.74 Å². The van der Waals surface area contributed by atoms with Gasteiger partial charge < -0.3 is 9.47 Å². The van der Waals surface area contributed by atoms with Crippen molar-refractivity contribution in [2.75, 3.05) is 20.0 Å². The van der Waals surface area contributed by atoms with Crippen LogP contribution in [0, 0.1) is 0 Å². The van der Waals surface area contributed by atoms with Crippen molar-refractivity contribution in [3.05, 3.63) is 11.5 Å². The van der Waals surface area contributed by atoms with Crippen LogP contribution in [0.1, 0.15) is 0 Å². The van der Waals surface area contributed by atoms with Gasteiger partial charge in [0.05, 0.1) is 20.0 Å². The molecule has 0 aliphatic carbocycles. The van der Waals surface area contributed by atoms with Crippen LogP contribution >= 0.6 is 23.4 Å². The summed E-state index contributed by atoms with van der Waals surface area (Å²) in [6, 6.07) is 0. The zero-order valence-corrected chi connectivity index (χ0v) is 9.76. The second kappa shape index (κ2) is 5.77. The average molecular weight is 249 g/mol. The molecule has 0 aromatic carbocycles. The Balaban J connectivity index is 2.76. The van der Waals surface area contributed by atoms with E-state index in [0.717, 1.165) is 0 Å². The van der Waals surface area contributed by atoms with E-state index in [2.05, 4.69) is 14.7 Å². The summed E-state index contributed by atoms with van der Waals surface area (Å²) in [7, 11) is 2.79. The molecule has 0 atom stereocenters. The Kier molecular flexibility index (Phi) is 4.64. The minimum atomic E-state index is -0.336. The largest absolute Gasteiger partial charge is 0.491 e. The van der Waals surface area contributed by atoms with Crippen LogP contribution in [0.25, 0.3) is 0 Å². The molecule has 15 heavy (non-hydrogen) atoms. The standard InChI is InChI=1S/C8H9ClN2O3S/c1-13-5(12)3-15-8-6(14-2)7(9)10-4-11-8/h4H,3H2,1-2H3. The second-order valence-electron chi connectivity index (χ2n) is 2.37. The van der Waals surface area contributed by atoms with E-state index < -0.39 is 0 Å². The number of rotatable bonds is 4. The summed E-state index contributed by atoms with van der Waals surface area (Å²) in [5, 5.41) is 0.739. The van der Waals surface area contributed by atoms with Gasteiger partial charge >= 0.3 is 5.97 Å². The summed E-state index contributed by atoms with van der Waals surface area (Å²) in [6.07, 6.45) is 1.31. The van der Waals surface area contributed by atoms with Gasteiger partial charge in [0, 0.05) is 0 Å². The smallest absolute Gasteiger partial charge is 0.316 e. The number of carbonyl (C=O) groups is 1. The van der Waals surface area contributed by atoms with Gasteiger partial charge in [0.25, 0.3) is 0 Å². The summed E-state index contributed by atoms with van der Waals surface area (Å²) in [5.41, 5.74) is 0. The summed E-state index contributed by atoms with van der Waals surface area (Å²) in [6.45, 7) is 0. The molecule has 7 heteroatoms. The van der Waals surface area contributed by atoms with E-state index in [4.69, 9.17) is 16.3 Å². The van der Waals surface area contributed by atoms with E-state index >= 15 is 0 Å². The van der Waals surface area contributed by atoms with Gasteiger partial charge in [0.2, 0.25) is 0 Å². The zero-order valence-electron chi connectivity index (χ0n) is 8.19. The molecular formula is C8H9ClN2O3S. The molecule has 0 unspecified atom stereocenters.